The Morgan fingerprint density at radius 3 is 2.33 bits per heavy atom. The van der Waals surface area contributed by atoms with Crippen LogP contribution in [0.5, 0.6) is 0 Å². The topological polar surface area (TPSA) is 110 Å². The smallest absolute Gasteiger partial charge is 0.334 e. The third-order valence-electron chi connectivity index (χ3n) is 1.44. The van der Waals surface area contributed by atoms with Crippen molar-refractivity contribution in [1.29, 1.82) is 0 Å². The molecule has 0 spiro atoms. The summed E-state index contributed by atoms with van der Waals surface area (Å²) in [6.07, 6.45) is -0.258. The largest absolute Gasteiger partial charge is 0.479 e. The molecule has 0 aliphatic rings. The Bertz CT molecular complexity index is 335. The summed E-state index contributed by atoms with van der Waals surface area (Å²) in [5, 5.41) is 10.7. The zero-order valence-corrected chi connectivity index (χ0v) is 9.20. The van der Waals surface area contributed by atoms with Gasteiger partial charge in [0.25, 0.3) is 0 Å². The predicted octanol–water partition coefficient (Wildman–Crippen LogP) is -1.75. The molecule has 7 nitrogen and oxygen atoms in total. The molecule has 0 saturated heterocycles. The van der Waals surface area contributed by atoms with Gasteiger partial charge in [0.15, 0.2) is 15.9 Å². The molecule has 0 rings (SSSR count). The maximum atomic E-state index is 11.0. The number of methoxy groups -OCH3 is 1. The Kier molecular flexibility index (Phi) is 5.23. The third-order valence-corrected chi connectivity index (χ3v) is 2.22. The van der Waals surface area contributed by atoms with Crippen LogP contribution in [0.4, 0.5) is 0 Å². The number of ether oxygens (including phenoxy) is 1. The van der Waals surface area contributed by atoms with Gasteiger partial charge in [-0.3, -0.25) is 4.79 Å². The second kappa shape index (κ2) is 5.66. The molecule has 1 amide bonds. The van der Waals surface area contributed by atoms with E-state index < -0.39 is 33.6 Å². The molecule has 0 aliphatic heterocycles. The average molecular weight is 239 g/mol. The summed E-state index contributed by atoms with van der Waals surface area (Å²) >= 11 is 0. The Morgan fingerprint density at radius 1 is 1.47 bits per heavy atom. The minimum absolute atomic E-state index is 0.264. The van der Waals surface area contributed by atoms with Crippen LogP contribution >= 0.6 is 0 Å². The number of aliphatic carboxylic acids is 1. The van der Waals surface area contributed by atoms with Crippen LogP contribution in [0.15, 0.2) is 0 Å². The summed E-state index contributed by atoms with van der Waals surface area (Å²) in [5.41, 5.74) is 0. The summed E-state index contributed by atoms with van der Waals surface area (Å²) in [5.74, 6) is -2.64. The number of rotatable bonds is 6. The maximum absolute atomic E-state index is 11.0. The van der Waals surface area contributed by atoms with E-state index in [2.05, 4.69) is 10.1 Å². The molecule has 0 heterocycles. The van der Waals surface area contributed by atoms with E-state index in [-0.39, 0.29) is 6.54 Å². The summed E-state index contributed by atoms with van der Waals surface area (Å²) in [7, 11) is -2.22. The zero-order valence-electron chi connectivity index (χ0n) is 8.39. The van der Waals surface area contributed by atoms with Gasteiger partial charge in [-0.25, -0.2) is 13.2 Å². The van der Waals surface area contributed by atoms with Gasteiger partial charge >= 0.3 is 5.97 Å². The molecule has 88 valence electrons. The molecule has 0 saturated carbocycles. The highest BCUT2D eigenvalue weighted by molar-refractivity contribution is 7.91. The van der Waals surface area contributed by atoms with Gasteiger partial charge in [-0.05, 0) is 0 Å². The van der Waals surface area contributed by atoms with Crippen molar-refractivity contribution in [2.24, 2.45) is 0 Å². The highest BCUT2D eigenvalue weighted by Crippen LogP contribution is 1.88. The number of carbonyl (C=O) groups excluding carboxylic acids is 1. The number of hydrogen-bond acceptors (Lipinski definition) is 5. The first kappa shape index (κ1) is 13.8. The van der Waals surface area contributed by atoms with Crippen molar-refractivity contribution >= 4 is 21.7 Å². The number of carbonyl (C=O) groups is 2. The molecule has 0 radical (unpaired) electrons. The first-order valence-corrected chi connectivity index (χ1v) is 6.02. The molecule has 8 heteroatoms. The summed E-state index contributed by atoms with van der Waals surface area (Å²) in [6, 6.07) is 0. The number of amides is 1. The lowest BCUT2D eigenvalue weighted by molar-refractivity contribution is -0.148. The minimum Gasteiger partial charge on any atom is -0.479 e. The lowest BCUT2D eigenvalue weighted by Gasteiger charge is -2.10. The van der Waals surface area contributed by atoms with Crippen LogP contribution in [0.2, 0.25) is 0 Å². The number of nitrogens with one attached hydrogen (secondary N) is 1. The number of carboxylic acid groups (broad SMARTS) is 1. The quantitative estimate of drug-likeness (QED) is 0.568. The predicted molar refractivity (Wildman–Crippen MR) is 51.2 cm³/mol. The molecule has 0 bridgehead atoms. The Morgan fingerprint density at radius 2 is 2.00 bits per heavy atom. The van der Waals surface area contributed by atoms with E-state index in [1.54, 1.807) is 0 Å². The lowest BCUT2D eigenvalue weighted by Crippen LogP contribution is -2.40. The van der Waals surface area contributed by atoms with Gasteiger partial charge in [0, 0.05) is 13.4 Å². The van der Waals surface area contributed by atoms with E-state index in [4.69, 9.17) is 5.11 Å². The van der Waals surface area contributed by atoms with Crippen LogP contribution in [0.25, 0.3) is 0 Å². The van der Waals surface area contributed by atoms with E-state index >= 15 is 0 Å². The molecule has 0 aromatic heterocycles. The molecule has 1 atom stereocenters. The normalized spacial score (nSPS) is 13.2. The second-order valence-electron chi connectivity index (χ2n) is 2.94. The van der Waals surface area contributed by atoms with Crippen molar-refractivity contribution in [1.82, 2.24) is 5.32 Å². The van der Waals surface area contributed by atoms with Crippen molar-refractivity contribution in [2.45, 2.75) is 6.10 Å². The fraction of sp³-hybridized carbons (Fsp3) is 0.714. The van der Waals surface area contributed by atoms with Crippen LogP contribution in [0.3, 0.4) is 0 Å². The van der Waals surface area contributed by atoms with Gasteiger partial charge in [0.05, 0.1) is 6.54 Å². The van der Waals surface area contributed by atoms with E-state index in [1.807, 2.05) is 0 Å². The van der Waals surface area contributed by atoms with Gasteiger partial charge in [-0.15, -0.1) is 0 Å². The fourth-order valence-corrected chi connectivity index (χ4v) is 1.35. The average Bonchev–Trinajstić information content (AvgIpc) is 2.01. The molecular weight excluding hydrogens is 226 g/mol. The lowest BCUT2D eigenvalue weighted by atomic mass is 10.3. The fourth-order valence-electron chi connectivity index (χ4n) is 0.767. The van der Waals surface area contributed by atoms with Gasteiger partial charge in [-0.2, -0.15) is 0 Å². The van der Waals surface area contributed by atoms with Gasteiger partial charge in [0.1, 0.15) is 5.75 Å². The minimum atomic E-state index is -3.40. The molecule has 0 fully saturated rings. The van der Waals surface area contributed by atoms with E-state index in [0.717, 1.165) is 6.26 Å². The van der Waals surface area contributed by atoms with Crippen LogP contribution in [0.1, 0.15) is 0 Å². The zero-order chi connectivity index (χ0) is 12.1. The molecule has 1 unspecified atom stereocenters. The first-order valence-electron chi connectivity index (χ1n) is 3.96. The van der Waals surface area contributed by atoms with Crippen LogP contribution in [-0.2, 0) is 24.2 Å². The van der Waals surface area contributed by atoms with Crippen molar-refractivity contribution in [3.05, 3.63) is 0 Å². The molecule has 15 heavy (non-hydrogen) atoms. The Balaban J connectivity index is 4.05. The third kappa shape index (κ3) is 6.86. The van der Waals surface area contributed by atoms with E-state index in [1.165, 1.54) is 7.11 Å². The van der Waals surface area contributed by atoms with Crippen LogP contribution in [0, 0.1) is 0 Å². The van der Waals surface area contributed by atoms with Gasteiger partial charge in [-0.1, -0.05) is 0 Å². The Hall–Kier alpha value is -1.15. The highest BCUT2D eigenvalue weighted by atomic mass is 32.2. The van der Waals surface area contributed by atoms with Crippen molar-refractivity contribution < 1.29 is 27.9 Å². The molecule has 2 N–H and O–H groups in total. The second-order valence-corrected chi connectivity index (χ2v) is 5.08. The maximum Gasteiger partial charge on any atom is 0.334 e. The van der Waals surface area contributed by atoms with Crippen molar-refractivity contribution in [3.8, 4) is 0 Å². The SMILES string of the molecule is COC(CNC(=O)CS(C)(=O)=O)C(=O)O. The molecule has 0 aromatic rings. The first-order chi connectivity index (χ1) is 6.76. The van der Waals surface area contributed by atoms with E-state index in [9.17, 15) is 18.0 Å². The molecule has 0 aromatic carbocycles. The van der Waals surface area contributed by atoms with E-state index in [0.29, 0.717) is 0 Å². The van der Waals surface area contributed by atoms with Crippen molar-refractivity contribution in [2.75, 3.05) is 25.7 Å². The number of sulfone groups is 1. The summed E-state index contributed by atoms with van der Waals surface area (Å²) in [4.78, 5) is 21.4. The molecular formula is C7H13NO6S. The molecule has 0 aliphatic carbocycles. The number of carboxylic acids is 1. The van der Waals surface area contributed by atoms with Crippen LogP contribution < -0.4 is 5.32 Å². The standard InChI is InChI=1S/C7H13NO6S/c1-14-5(7(10)11)3-8-6(9)4-15(2,12)13/h5H,3-4H2,1-2H3,(H,8,9)(H,10,11). The van der Waals surface area contributed by atoms with Crippen molar-refractivity contribution in [3.63, 3.8) is 0 Å². The summed E-state index contributed by atoms with van der Waals surface area (Å²) in [6.45, 7) is -0.264. The monoisotopic (exact) mass is 239 g/mol. The van der Waals surface area contributed by atoms with Gasteiger partial charge in [0.2, 0.25) is 5.91 Å². The summed E-state index contributed by atoms with van der Waals surface area (Å²) < 4.78 is 25.9. The van der Waals surface area contributed by atoms with Gasteiger partial charge < -0.3 is 15.2 Å². The number of hydrogen-bond donors (Lipinski definition) is 2. The Labute approximate surface area is 87.3 Å². The highest BCUT2D eigenvalue weighted by Gasteiger charge is 2.18. The van der Waals surface area contributed by atoms with Crippen LogP contribution in [-0.4, -0.2) is 57.2 Å².